The molecular formula is C5H5ClF2N2. The lowest BCUT2D eigenvalue weighted by Crippen LogP contribution is -2.27. The third-order valence-corrected chi connectivity index (χ3v) is 1.46. The molecule has 0 bridgehead atoms. The van der Waals surface area contributed by atoms with E-state index in [0.29, 0.717) is 0 Å². The van der Waals surface area contributed by atoms with Gasteiger partial charge in [-0.05, 0) is 6.08 Å². The SMILES string of the molecule is NC1=CCC(F)(F)C(Cl)=N1. The summed E-state index contributed by atoms with van der Waals surface area (Å²) in [7, 11) is 0. The number of nitrogens with two attached hydrogens (primary N) is 1. The highest BCUT2D eigenvalue weighted by atomic mass is 35.5. The quantitative estimate of drug-likeness (QED) is 0.582. The molecule has 0 aromatic heterocycles. The van der Waals surface area contributed by atoms with Gasteiger partial charge in [0.2, 0.25) is 0 Å². The number of hydrogen-bond acceptors (Lipinski definition) is 2. The Kier molecular flexibility index (Phi) is 1.64. The molecule has 1 heterocycles. The number of aliphatic imine (C=N–C) groups is 1. The molecular weight excluding hydrogens is 162 g/mol. The van der Waals surface area contributed by atoms with E-state index in [2.05, 4.69) is 4.99 Å². The molecule has 5 heteroatoms. The van der Waals surface area contributed by atoms with Crippen molar-refractivity contribution in [1.29, 1.82) is 0 Å². The minimum absolute atomic E-state index is 0.0518. The van der Waals surface area contributed by atoms with Gasteiger partial charge in [-0.2, -0.15) is 8.78 Å². The molecule has 0 aliphatic carbocycles. The summed E-state index contributed by atoms with van der Waals surface area (Å²) in [6, 6.07) is 0. The van der Waals surface area contributed by atoms with Crippen molar-refractivity contribution in [3.05, 3.63) is 11.9 Å². The number of allylic oxidation sites excluding steroid dienone is 1. The maximum absolute atomic E-state index is 12.4. The molecule has 0 aromatic carbocycles. The zero-order valence-corrected chi connectivity index (χ0v) is 5.70. The van der Waals surface area contributed by atoms with Crippen LogP contribution in [0.1, 0.15) is 6.42 Å². The lowest BCUT2D eigenvalue weighted by molar-refractivity contribution is 0.0829. The maximum atomic E-state index is 12.4. The maximum Gasteiger partial charge on any atom is 0.303 e. The van der Waals surface area contributed by atoms with E-state index in [9.17, 15) is 8.78 Å². The van der Waals surface area contributed by atoms with Crippen molar-refractivity contribution in [2.75, 3.05) is 0 Å². The van der Waals surface area contributed by atoms with E-state index in [0.717, 1.165) is 6.08 Å². The molecule has 1 aliphatic heterocycles. The van der Waals surface area contributed by atoms with Crippen molar-refractivity contribution in [3.63, 3.8) is 0 Å². The molecule has 1 aliphatic rings. The molecule has 0 atom stereocenters. The van der Waals surface area contributed by atoms with Gasteiger partial charge in [0.25, 0.3) is 0 Å². The van der Waals surface area contributed by atoms with Gasteiger partial charge in [-0.3, -0.25) is 0 Å². The van der Waals surface area contributed by atoms with Crippen LogP contribution in [0.5, 0.6) is 0 Å². The lowest BCUT2D eigenvalue weighted by Gasteiger charge is -2.15. The summed E-state index contributed by atoms with van der Waals surface area (Å²) in [6.07, 6.45) is 0.688. The predicted octanol–water partition coefficient (Wildman–Crippen LogP) is 1.46. The summed E-state index contributed by atoms with van der Waals surface area (Å²) in [4.78, 5) is 3.21. The molecule has 0 amide bonds. The van der Waals surface area contributed by atoms with Gasteiger partial charge >= 0.3 is 5.92 Å². The zero-order valence-electron chi connectivity index (χ0n) is 4.94. The van der Waals surface area contributed by atoms with Gasteiger partial charge < -0.3 is 5.73 Å². The molecule has 2 N–H and O–H groups in total. The van der Waals surface area contributed by atoms with Gasteiger partial charge in [-0.1, -0.05) is 11.6 Å². The predicted molar refractivity (Wildman–Crippen MR) is 35.1 cm³/mol. The molecule has 0 radical (unpaired) electrons. The molecule has 1 rings (SSSR count). The van der Waals surface area contributed by atoms with Gasteiger partial charge in [0.1, 0.15) is 5.82 Å². The van der Waals surface area contributed by atoms with Crippen LogP contribution >= 0.6 is 11.6 Å². The van der Waals surface area contributed by atoms with E-state index < -0.39 is 17.5 Å². The van der Waals surface area contributed by atoms with E-state index in [4.69, 9.17) is 17.3 Å². The highest BCUT2D eigenvalue weighted by Crippen LogP contribution is 2.27. The standard InChI is InChI=1S/C5H5ClF2N2/c6-4-5(7,8)2-1-3(9)10-4/h1H,2,9H2. The zero-order chi connectivity index (χ0) is 7.78. The van der Waals surface area contributed by atoms with Crippen molar-refractivity contribution >= 4 is 16.8 Å². The first-order valence-electron chi connectivity index (χ1n) is 2.60. The summed E-state index contributed by atoms with van der Waals surface area (Å²) < 4.78 is 24.8. The first kappa shape index (κ1) is 7.47. The van der Waals surface area contributed by atoms with Gasteiger partial charge in [0, 0.05) is 6.42 Å². The molecule has 0 fully saturated rings. The molecule has 0 unspecified atom stereocenters. The van der Waals surface area contributed by atoms with Crippen LogP contribution in [0.15, 0.2) is 16.9 Å². The second kappa shape index (κ2) is 2.20. The number of nitrogens with zero attached hydrogens (tertiary/aromatic N) is 1. The highest BCUT2D eigenvalue weighted by Gasteiger charge is 2.36. The largest absolute Gasteiger partial charge is 0.384 e. The first-order chi connectivity index (χ1) is 4.52. The highest BCUT2D eigenvalue weighted by molar-refractivity contribution is 6.67. The summed E-state index contributed by atoms with van der Waals surface area (Å²) in [5, 5.41) is -0.729. The van der Waals surface area contributed by atoms with E-state index in [1.807, 2.05) is 0 Å². The van der Waals surface area contributed by atoms with Crippen molar-refractivity contribution in [2.24, 2.45) is 10.7 Å². The Morgan fingerprint density at radius 2 is 2.30 bits per heavy atom. The van der Waals surface area contributed by atoms with E-state index >= 15 is 0 Å². The van der Waals surface area contributed by atoms with Crippen molar-refractivity contribution in [2.45, 2.75) is 12.3 Å². The fraction of sp³-hybridized carbons (Fsp3) is 0.400. The number of rotatable bonds is 0. The summed E-state index contributed by atoms with van der Waals surface area (Å²) in [5.41, 5.74) is 5.10. The molecule has 10 heavy (non-hydrogen) atoms. The number of hydrogen-bond donors (Lipinski definition) is 1. The monoisotopic (exact) mass is 166 g/mol. The Hall–Kier alpha value is -0.640. The van der Waals surface area contributed by atoms with Crippen LogP contribution in [0.2, 0.25) is 0 Å². The van der Waals surface area contributed by atoms with Crippen LogP contribution < -0.4 is 5.73 Å². The molecule has 2 nitrogen and oxygen atoms in total. The Morgan fingerprint density at radius 1 is 1.70 bits per heavy atom. The van der Waals surface area contributed by atoms with Crippen LogP contribution in [0.25, 0.3) is 0 Å². The second-order valence-corrected chi connectivity index (χ2v) is 2.30. The molecule has 0 saturated heterocycles. The van der Waals surface area contributed by atoms with Crippen LogP contribution in [0.3, 0.4) is 0 Å². The van der Waals surface area contributed by atoms with Gasteiger partial charge in [-0.25, -0.2) is 4.99 Å². The second-order valence-electron chi connectivity index (χ2n) is 1.94. The van der Waals surface area contributed by atoms with Gasteiger partial charge in [-0.15, -0.1) is 0 Å². The molecule has 0 aromatic rings. The lowest BCUT2D eigenvalue weighted by atomic mass is 10.2. The third-order valence-electron chi connectivity index (χ3n) is 1.10. The van der Waals surface area contributed by atoms with Crippen LogP contribution in [0.4, 0.5) is 8.78 Å². The van der Waals surface area contributed by atoms with Crippen molar-refractivity contribution in [1.82, 2.24) is 0 Å². The number of halogens is 3. The molecule has 0 saturated carbocycles. The van der Waals surface area contributed by atoms with E-state index in [1.165, 1.54) is 0 Å². The normalized spacial score (nSPS) is 23.5. The fourth-order valence-corrected chi connectivity index (χ4v) is 0.732. The average molecular weight is 167 g/mol. The Morgan fingerprint density at radius 3 is 2.70 bits per heavy atom. The summed E-state index contributed by atoms with van der Waals surface area (Å²) >= 11 is 5.08. The Balaban J connectivity index is 2.88. The Bertz CT molecular complexity index is 210. The summed E-state index contributed by atoms with van der Waals surface area (Å²) in [6.45, 7) is 0. The van der Waals surface area contributed by atoms with E-state index in [-0.39, 0.29) is 5.82 Å². The van der Waals surface area contributed by atoms with E-state index in [1.54, 1.807) is 0 Å². The topological polar surface area (TPSA) is 38.4 Å². The molecule has 0 spiro atoms. The van der Waals surface area contributed by atoms with Crippen LogP contribution in [-0.4, -0.2) is 11.1 Å². The minimum atomic E-state index is -3.02. The van der Waals surface area contributed by atoms with Gasteiger partial charge in [0.15, 0.2) is 5.17 Å². The van der Waals surface area contributed by atoms with Crippen LogP contribution in [0, 0.1) is 0 Å². The number of alkyl halides is 2. The summed E-state index contributed by atoms with van der Waals surface area (Å²) in [5.74, 6) is -2.97. The fourth-order valence-electron chi connectivity index (χ4n) is 0.558. The van der Waals surface area contributed by atoms with Crippen molar-refractivity contribution < 1.29 is 8.78 Å². The minimum Gasteiger partial charge on any atom is -0.384 e. The molecule has 56 valence electrons. The third kappa shape index (κ3) is 1.26. The van der Waals surface area contributed by atoms with Gasteiger partial charge in [0.05, 0.1) is 0 Å². The van der Waals surface area contributed by atoms with Crippen molar-refractivity contribution in [3.8, 4) is 0 Å². The first-order valence-corrected chi connectivity index (χ1v) is 2.98. The smallest absolute Gasteiger partial charge is 0.303 e. The average Bonchev–Trinajstić information content (AvgIpc) is 1.81. The van der Waals surface area contributed by atoms with Crippen LogP contribution in [-0.2, 0) is 0 Å². The Labute approximate surface area is 61.4 Å².